The molecule has 3 heterocycles. The second-order valence-corrected chi connectivity index (χ2v) is 5.53. The maximum Gasteiger partial charge on any atom is 0.434 e. The lowest BCUT2D eigenvalue weighted by atomic mass is 10.2. The van der Waals surface area contributed by atoms with E-state index in [9.17, 15) is 18.0 Å². The van der Waals surface area contributed by atoms with Gasteiger partial charge < -0.3 is 4.98 Å². The largest absolute Gasteiger partial charge is 0.434 e. The van der Waals surface area contributed by atoms with Gasteiger partial charge in [0.05, 0.1) is 12.7 Å². The molecule has 0 spiro atoms. The molecule has 0 aliphatic heterocycles. The lowest BCUT2D eigenvalue weighted by Gasteiger charge is -2.02. The molecule has 0 bridgehead atoms. The van der Waals surface area contributed by atoms with E-state index in [1.807, 2.05) is 30.3 Å². The van der Waals surface area contributed by atoms with Crippen LogP contribution in [0, 0.1) is 0 Å². The first-order valence-corrected chi connectivity index (χ1v) is 7.53. The van der Waals surface area contributed by atoms with Gasteiger partial charge in [-0.2, -0.15) is 13.2 Å². The summed E-state index contributed by atoms with van der Waals surface area (Å²) in [4.78, 5) is 26.7. The molecule has 10 heteroatoms. The van der Waals surface area contributed by atoms with Crippen LogP contribution in [0.1, 0.15) is 11.3 Å². The molecule has 3 aromatic heterocycles. The van der Waals surface area contributed by atoms with E-state index in [4.69, 9.17) is 0 Å². The summed E-state index contributed by atoms with van der Waals surface area (Å²) in [6.07, 6.45) is -1.24. The molecule has 7 nitrogen and oxygen atoms in total. The number of fused-ring (bicyclic) bond motifs is 1. The summed E-state index contributed by atoms with van der Waals surface area (Å²) in [5.41, 5.74) is -0.256. The van der Waals surface area contributed by atoms with E-state index < -0.39 is 17.6 Å². The molecule has 0 saturated heterocycles. The lowest BCUT2D eigenvalue weighted by Crippen LogP contribution is -2.24. The molecule has 26 heavy (non-hydrogen) atoms. The predicted molar refractivity (Wildman–Crippen MR) is 85.8 cm³/mol. The molecule has 0 aliphatic rings. The summed E-state index contributed by atoms with van der Waals surface area (Å²) in [5, 5.41) is 0. The highest BCUT2D eigenvalue weighted by atomic mass is 19.4. The van der Waals surface area contributed by atoms with Crippen molar-refractivity contribution in [2.24, 2.45) is 0 Å². The molecule has 4 aromatic rings. The molecule has 0 saturated carbocycles. The summed E-state index contributed by atoms with van der Waals surface area (Å²) >= 11 is 0. The number of aromatic nitrogens is 6. The van der Waals surface area contributed by atoms with Gasteiger partial charge in [0.15, 0.2) is 11.3 Å². The monoisotopic (exact) mass is 360 g/mol. The average Bonchev–Trinajstić information content (AvgIpc) is 3.20. The number of rotatable bonds is 3. The third-order valence-electron chi connectivity index (χ3n) is 3.85. The van der Waals surface area contributed by atoms with Crippen molar-refractivity contribution in [1.29, 1.82) is 0 Å². The van der Waals surface area contributed by atoms with Gasteiger partial charge in [-0.15, -0.1) is 0 Å². The van der Waals surface area contributed by atoms with E-state index in [-0.39, 0.29) is 18.1 Å². The van der Waals surface area contributed by atoms with Crippen LogP contribution in [0.15, 0.2) is 53.8 Å². The summed E-state index contributed by atoms with van der Waals surface area (Å²) in [5.74, 6) is -0.252. The topological polar surface area (TPSA) is 81.4 Å². The molecule has 132 valence electrons. The molecular weight excluding hydrogens is 349 g/mol. The SMILES string of the molecule is O=c1n(Cc2ccccc2)c2cncnc2n1-c1nc(C(F)(F)F)c[nH]1. The smallest absolute Gasteiger partial charge is 0.330 e. The third-order valence-corrected chi connectivity index (χ3v) is 3.85. The Labute approximate surface area is 143 Å². The number of nitrogens with zero attached hydrogens (tertiary/aromatic N) is 5. The number of nitrogens with one attached hydrogen (secondary N) is 1. The fraction of sp³-hybridized carbons (Fsp3) is 0.125. The van der Waals surface area contributed by atoms with Crippen molar-refractivity contribution >= 4 is 11.2 Å². The summed E-state index contributed by atoms with van der Waals surface area (Å²) in [7, 11) is 0. The number of aromatic amines is 1. The quantitative estimate of drug-likeness (QED) is 0.608. The maximum absolute atomic E-state index is 12.9. The van der Waals surface area contributed by atoms with Crippen LogP contribution in [-0.4, -0.2) is 29.1 Å². The highest BCUT2D eigenvalue weighted by Crippen LogP contribution is 2.28. The van der Waals surface area contributed by atoms with Crippen LogP contribution in [0.5, 0.6) is 0 Å². The molecular formula is C16H11F3N6O. The fourth-order valence-corrected chi connectivity index (χ4v) is 2.67. The summed E-state index contributed by atoms with van der Waals surface area (Å²) in [6.45, 7) is 0.226. The zero-order valence-corrected chi connectivity index (χ0v) is 13.1. The highest BCUT2D eigenvalue weighted by Gasteiger charge is 2.34. The van der Waals surface area contributed by atoms with Crippen LogP contribution in [0.4, 0.5) is 13.2 Å². The molecule has 0 fully saturated rings. The van der Waals surface area contributed by atoms with Crippen LogP contribution < -0.4 is 5.69 Å². The van der Waals surface area contributed by atoms with Crippen molar-refractivity contribution in [1.82, 2.24) is 29.1 Å². The third kappa shape index (κ3) is 2.65. The van der Waals surface area contributed by atoms with Crippen molar-refractivity contribution in [3.05, 3.63) is 70.8 Å². The first-order valence-electron chi connectivity index (χ1n) is 7.53. The Morgan fingerprint density at radius 1 is 1.15 bits per heavy atom. The van der Waals surface area contributed by atoms with Crippen molar-refractivity contribution in [3.63, 3.8) is 0 Å². The number of H-pyrrole nitrogens is 1. The molecule has 0 aliphatic carbocycles. The second-order valence-electron chi connectivity index (χ2n) is 5.53. The van der Waals surface area contributed by atoms with Gasteiger partial charge >= 0.3 is 11.9 Å². The minimum Gasteiger partial charge on any atom is -0.330 e. The fourth-order valence-electron chi connectivity index (χ4n) is 2.67. The van der Waals surface area contributed by atoms with Crippen molar-refractivity contribution in [2.45, 2.75) is 12.7 Å². The first-order chi connectivity index (χ1) is 12.4. The number of halogens is 3. The Morgan fingerprint density at radius 3 is 2.62 bits per heavy atom. The van der Waals surface area contributed by atoms with Crippen molar-refractivity contribution < 1.29 is 13.2 Å². The molecule has 1 N–H and O–H groups in total. The average molecular weight is 360 g/mol. The number of hydrogen-bond acceptors (Lipinski definition) is 4. The van der Waals surface area contributed by atoms with Gasteiger partial charge in [0, 0.05) is 6.20 Å². The van der Waals surface area contributed by atoms with E-state index in [1.54, 1.807) is 0 Å². The van der Waals surface area contributed by atoms with E-state index in [0.29, 0.717) is 11.7 Å². The van der Waals surface area contributed by atoms with Crippen molar-refractivity contribution in [2.75, 3.05) is 0 Å². The number of hydrogen-bond donors (Lipinski definition) is 1. The van der Waals surface area contributed by atoms with Crippen LogP contribution in [0.3, 0.4) is 0 Å². The number of alkyl halides is 3. The normalized spacial score (nSPS) is 12.0. The summed E-state index contributed by atoms with van der Waals surface area (Å²) < 4.78 is 40.9. The van der Waals surface area contributed by atoms with E-state index in [0.717, 1.165) is 10.1 Å². The van der Waals surface area contributed by atoms with Crippen molar-refractivity contribution in [3.8, 4) is 5.95 Å². The van der Waals surface area contributed by atoms with Gasteiger partial charge in [0.2, 0.25) is 5.95 Å². The molecule has 0 radical (unpaired) electrons. The zero-order valence-electron chi connectivity index (χ0n) is 13.1. The van der Waals surface area contributed by atoms with Gasteiger partial charge in [-0.3, -0.25) is 4.57 Å². The Bertz CT molecular complexity index is 1130. The van der Waals surface area contributed by atoms with Gasteiger partial charge in [-0.1, -0.05) is 30.3 Å². The van der Waals surface area contributed by atoms with Crippen LogP contribution >= 0.6 is 0 Å². The summed E-state index contributed by atoms with van der Waals surface area (Å²) in [6, 6.07) is 9.19. The van der Waals surface area contributed by atoms with Gasteiger partial charge in [-0.05, 0) is 5.56 Å². The number of benzene rings is 1. The van der Waals surface area contributed by atoms with Gasteiger partial charge in [-0.25, -0.2) is 24.3 Å². The Balaban J connectivity index is 1.90. The Hall–Kier alpha value is -3.43. The first kappa shape index (κ1) is 16.1. The lowest BCUT2D eigenvalue weighted by molar-refractivity contribution is -0.140. The maximum atomic E-state index is 12.9. The Morgan fingerprint density at radius 2 is 1.92 bits per heavy atom. The van der Waals surface area contributed by atoms with E-state index in [1.165, 1.54) is 17.1 Å². The minimum atomic E-state index is -4.62. The van der Waals surface area contributed by atoms with E-state index >= 15 is 0 Å². The molecule has 0 atom stereocenters. The van der Waals surface area contributed by atoms with Crippen LogP contribution in [-0.2, 0) is 12.7 Å². The molecule has 0 amide bonds. The Kier molecular flexibility index (Phi) is 3.60. The zero-order chi connectivity index (χ0) is 18.3. The standard InChI is InChI=1S/C16H11F3N6O/c17-16(18,19)12-7-21-14(23-12)25-13-11(6-20-9-22-13)24(15(25)26)8-10-4-2-1-3-5-10/h1-7,9H,8H2,(H,21,23). The van der Waals surface area contributed by atoms with Gasteiger partial charge in [0.25, 0.3) is 0 Å². The molecule has 0 unspecified atom stereocenters. The van der Waals surface area contributed by atoms with Gasteiger partial charge in [0.1, 0.15) is 11.8 Å². The predicted octanol–water partition coefficient (Wildman–Crippen LogP) is 2.37. The second kappa shape index (κ2) is 5.83. The van der Waals surface area contributed by atoms with Crippen LogP contribution in [0.2, 0.25) is 0 Å². The number of imidazole rings is 2. The molecule has 1 aromatic carbocycles. The van der Waals surface area contributed by atoms with E-state index in [2.05, 4.69) is 19.9 Å². The minimum absolute atomic E-state index is 0.170. The highest BCUT2D eigenvalue weighted by molar-refractivity contribution is 5.72. The molecule has 4 rings (SSSR count). The van der Waals surface area contributed by atoms with Crippen LogP contribution in [0.25, 0.3) is 17.1 Å².